The summed E-state index contributed by atoms with van der Waals surface area (Å²) in [4.78, 5) is 12.2. The summed E-state index contributed by atoms with van der Waals surface area (Å²) in [5.74, 6) is 0.334. The third kappa shape index (κ3) is 3.33. The van der Waals surface area contributed by atoms with Gasteiger partial charge in [0, 0.05) is 12.1 Å². The van der Waals surface area contributed by atoms with Crippen molar-refractivity contribution in [1.82, 2.24) is 15.5 Å². The first-order valence-electron chi connectivity index (χ1n) is 6.51. The van der Waals surface area contributed by atoms with E-state index >= 15 is 0 Å². The maximum Gasteiger partial charge on any atom is 0.257 e. The topological polar surface area (TPSA) is 73.3 Å². The zero-order valence-corrected chi connectivity index (χ0v) is 11.3. The number of amides is 1. The van der Waals surface area contributed by atoms with Crippen LogP contribution in [0.15, 0.2) is 6.07 Å². The van der Waals surface area contributed by atoms with Gasteiger partial charge in [-0.3, -0.25) is 4.79 Å². The first kappa shape index (κ1) is 13.6. The molecule has 104 valence electrons. The van der Waals surface area contributed by atoms with Crippen molar-refractivity contribution in [2.45, 2.75) is 38.1 Å². The number of aromatic nitrogens is 2. The molecule has 1 aromatic rings. The largest absolute Gasteiger partial charge is 0.480 e. The van der Waals surface area contributed by atoms with Crippen molar-refractivity contribution in [2.24, 2.45) is 0 Å². The van der Waals surface area contributed by atoms with Gasteiger partial charge in [0.15, 0.2) is 0 Å². The van der Waals surface area contributed by atoms with Gasteiger partial charge >= 0.3 is 0 Å². The lowest BCUT2D eigenvalue weighted by Crippen LogP contribution is -2.36. The molecule has 6 heteroatoms. The average Bonchev–Trinajstić information content (AvgIpc) is 2.47. The second kappa shape index (κ2) is 6.36. The molecule has 0 spiro atoms. The molecule has 0 atom stereocenters. The van der Waals surface area contributed by atoms with Gasteiger partial charge in [0.1, 0.15) is 5.56 Å². The molecule has 19 heavy (non-hydrogen) atoms. The number of carbonyl (C=O) groups is 1. The van der Waals surface area contributed by atoms with Gasteiger partial charge in [0.05, 0.1) is 14.2 Å². The van der Waals surface area contributed by atoms with E-state index < -0.39 is 0 Å². The van der Waals surface area contributed by atoms with Crippen molar-refractivity contribution in [1.29, 1.82) is 0 Å². The predicted octanol–water partition coefficient (Wildman–Crippen LogP) is 1.56. The SMILES string of the molecule is COc1cc(C(=O)NC2CCCCC2)c(OC)nn1. The molecule has 1 aliphatic carbocycles. The molecular weight excluding hydrogens is 246 g/mol. The highest BCUT2D eigenvalue weighted by Crippen LogP contribution is 2.21. The summed E-state index contributed by atoms with van der Waals surface area (Å²) >= 11 is 0. The van der Waals surface area contributed by atoms with Crippen LogP contribution in [0.3, 0.4) is 0 Å². The number of ether oxygens (including phenoxy) is 2. The van der Waals surface area contributed by atoms with Gasteiger partial charge in [-0.05, 0) is 12.8 Å². The molecule has 1 fully saturated rings. The van der Waals surface area contributed by atoms with Crippen LogP contribution >= 0.6 is 0 Å². The van der Waals surface area contributed by atoms with E-state index in [-0.39, 0.29) is 17.8 Å². The molecular formula is C13H19N3O3. The Morgan fingerprint density at radius 2 is 1.95 bits per heavy atom. The molecule has 0 saturated heterocycles. The minimum Gasteiger partial charge on any atom is -0.480 e. The number of methoxy groups -OCH3 is 2. The Kier molecular flexibility index (Phi) is 4.54. The minimum atomic E-state index is -0.183. The fourth-order valence-corrected chi connectivity index (χ4v) is 2.29. The number of nitrogens with one attached hydrogen (secondary N) is 1. The first-order chi connectivity index (χ1) is 9.24. The van der Waals surface area contributed by atoms with E-state index in [0.717, 1.165) is 12.8 Å². The smallest absolute Gasteiger partial charge is 0.257 e. The van der Waals surface area contributed by atoms with Gasteiger partial charge in [0.2, 0.25) is 11.8 Å². The molecule has 1 saturated carbocycles. The zero-order chi connectivity index (χ0) is 13.7. The summed E-state index contributed by atoms with van der Waals surface area (Å²) < 4.78 is 10.1. The molecule has 1 aromatic heterocycles. The molecule has 2 rings (SSSR count). The maximum atomic E-state index is 12.2. The summed E-state index contributed by atoms with van der Waals surface area (Å²) in [5, 5.41) is 10.6. The molecule has 1 amide bonds. The summed E-state index contributed by atoms with van der Waals surface area (Å²) in [6.07, 6.45) is 5.65. The predicted molar refractivity (Wildman–Crippen MR) is 69.5 cm³/mol. The second-order valence-corrected chi connectivity index (χ2v) is 4.62. The monoisotopic (exact) mass is 265 g/mol. The lowest BCUT2D eigenvalue weighted by atomic mass is 9.95. The van der Waals surface area contributed by atoms with Crippen molar-refractivity contribution < 1.29 is 14.3 Å². The number of hydrogen-bond acceptors (Lipinski definition) is 5. The Balaban J connectivity index is 2.12. The summed E-state index contributed by atoms with van der Waals surface area (Å²) in [5.41, 5.74) is 0.361. The highest BCUT2D eigenvalue weighted by Gasteiger charge is 2.20. The lowest BCUT2D eigenvalue weighted by Gasteiger charge is -2.22. The molecule has 0 aromatic carbocycles. The van der Waals surface area contributed by atoms with Gasteiger partial charge in [-0.25, -0.2) is 0 Å². The molecule has 0 aliphatic heterocycles. The number of rotatable bonds is 4. The lowest BCUT2D eigenvalue weighted by molar-refractivity contribution is 0.0923. The summed E-state index contributed by atoms with van der Waals surface area (Å²) in [6, 6.07) is 1.79. The Hall–Kier alpha value is -1.85. The molecule has 1 heterocycles. The molecule has 1 N–H and O–H groups in total. The van der Waals surface area contributed by atoms with E-state index in [4.69, 9.17) is 9.47 Å². The third-order valence-corrected chi connectivity index (χ3v) is 3.33. The highest BCUT2D eigenvalue weighted by molar-refractivity contribution is 5.96. The van der Waals surface area contributed by atoms with Crippen LogP contribution in [0, 0.1) is 0 Å². The Labute approximate surface area is 112 Å². The second-order valence-electron chi connectivity index (χ2n) is 4.62. The van der Waals surface area contributed by atoms with Crippen LogP contribution in [-0.2, 0) is 0 Å². The zero-order valence-electron chi connectivity index (χ0n) is 11.3. The minimum absolute atomic E-state index is 0.183. The molecule has 0 unspecified atom stereocenters. The highest BCUT2D eigenvalue weighted by atomic mass is 16.5. The number of nitrogens with zero attached hydrogens (tertiary/aromatic N) is 2. The Morgan fingerprint density at radius 3 is 2.58 bits per heavy atom. The van der Waals surface area contributed by atoms with E-state index in [1.165, 1.54) is 33.5 Å². The fraction of sp³-hybridized carbons (Fsp3) is 0.615. The van der Waals surface area contributed by atoms with Gasteiger partial charge in [-0.15, -0.1) is 10.2 Å². The van der Waals surface area contributed by atoms with Crippen LogP contribution in [0.5, 0.6) is 11.8 Å². The van der Waals surface area contributed by atoms with E-state index in [0.29, 0.717) is 11.4 Å². The van der Waals surface area contributed by atoms with Crippen molar-refractivity contribution in [3.63, 3.8) is 0 Å². The Morgan fingerprint density at radius 1 is 1.21 bits per heavy atom. The summed E-state index contributed by atoms with van der Waals surface area (Å²) in [6.45, 7) is 0. The molecule has 0 bridgehead atoms. The normalized spacial score (nSPS) is 15.9. The average molecular weight is 265 g/mol. The van der Waals surface area contributed by atoms with Crippen molar-refractivity contribution in [2.75, 3.05) is 14.2 Å². The molecule has 1 aliphatic rings. The fourth-order valence-electron chi connectivity index (χ4n) is 2.29. The van der Waals surface area contributed by atoms with Crippen molar-refractivity contribution in [3.05, 3.63) is 11.6 Å². The number of hydrogen-bond donors (Lipinski definition) is 1. The van der Waals surface area contributed by atoms with Gasteiger partial charge in [0.25, 0.3) is 5.91 Å². The van der Waals surface area contributed by atoms with E-state index in [9.17, 15) is 4.79 Å². The van der Waals surface area contributed by atoms with Crippen molar-refractivity contribution >= 4 is 5.91 Å². The number of carbonyl (C=O) groups excluding carboxylic acids is 1. The standard InChI is InChI=1S/C13H19N3O3/c1-18-11-8-10(13(19-2)16-15-11)12(17)14-9-6-4-3-5-7-9/h8-9H,3-7H2,1-2H3,(H,14,17). The quantitative estimate of drug-likeness (QED) is 0.894. The maximum absolute atomic E-state index is 12.2. The van der Waals surface area contributed by atoms with Crippen LogP contribution in [0.4, 0.5) is 0 Å². The van der Waals surface area contributed by atoms with Crippen LogP contribution < -0.4 is 14.8 Å². The van der Waals surface area contributed by atoms with Crippen LogP contribution in [0.25, 0.3) is 0 Å². The van der Waals surface area contributed by atoms with Gasteiger partial charge in [-0.1, -0.05) is 19.3 Å². The molecule has 6 nitrogen and oxygen atoms in total. The Bertz CT molecular complexity index is 445. The van der Waals surface area contributed by atoms with E-state index in [1.807, 2.05) is 0 Å². The third-order valence-electron chi connectivity index (χ3n) is 3.33. The van der Waals surface area contributed by atoms with Gasteiger partial charge < -0.3 is 14.8 Å². The van der Waals surface area contributed by atoms with E-state index in [2.05, 4.69) is 15.5 Å². The first-order valence-corrected chi connectivity index (χ1v) is 6.51. The van der Waals surface area contributed by atoms with Crippen molar-refractivity contribution in [3.8, 4) is 11.8 Å². The van der Waals surface area contributed by atoms with E-state index in [1.54, 1.807) is 6.07 Å². The molecule has 0 radical (unpaired) electrons. The summed E-state index contributed by atoms with van der Waals surface area (Å²) in [7, 11) is 2.95. The van der Waals surface area contributed by atoms with Crippen LogP contribution in [0.2, 0.25) is 0 Å². The van der Waals surface area contributed by atoms with Crippen LogP contribution in [-0.4, -0.2) is 36.4 Å². The van der Waals surface area contributed by atoms with Gasteiger partial charge in [-0.2, -0.15) is 0 Å². The van der Waals surface area contributed by atoms with Crippen LogP contribution in [0.1, 0.15) is 42.5 Å².